The van der Waals surface area contributed by atoms with E-state index in [2.05, 4.69) is 21.7 Å². The first kappa shape index (κ1) is 21.3. The van der Waals surface area contributed by atoms with Gasteiger partial charge in [0.2, 0.25) is 11.9 Å². The number of carbonyl (C=O) groups excluding carboxylic acids is 1. The molecule has 2 N–H and O–H groups in total. The van der Waals surface area contributed by atoms with E-state index in [1.165, 1.54) is 12.6 Å². The highest BCUT2D eigenvalue weighted by atomic mass is 19.1. The summed E-state index contributed by atoms with van der Waals surface area (Å²) in [6.45, 7) is 4.49. The molecular weight excluding hydrogens is 407 g/mol. The topological polar surface area (TPSA) is 66.5 Å². The van der Waals surface area contributed by atoms with Crippen molar-refractivity contribution in [2.45, 2.75) is 44.2 Å². The molecule has 2 aromatic rings. The van der Waals surface area contributed by atoms with Gasteiger partial charge in [0.05, 0.1) is 6.54 Å². The van der Waals surface area contributed by atoms with Gasteiger partial charge in [-0.05, 0) is 61.4 Å². The summed E-state index contributed by atoms with van der Waals surface area (Å²) >= 11 is 0. The summed E-state index contributed by atoms with van der Waals surface area (Å²) in [7, 11) is 0. The van der Waals surface area contributed by atoms with E-state index in [9.17, 15) is 9.18 Å². The smallest absolute Gasteiger partial charge is 0.236 e. The number of amides is 1. The summed E-state index contributed by atoms with van der Waals surface area (Å²) in [5.74, 6) is 0.783. The normalized spacial score (nSPS) is 24.0. The Hall–Kier alpha value is -2.51. The molecule has 1 aromatic carbocycles. The predicted octanol–water partition coefficient (Wildman–Crippen LogP) is 2.85. The number of pyridine rings is 1. The number of benzene rings is 1. The molecule has 170 valence electrons. The van der Waals surface area contributed by atoms with E-state index in [1.807, 2.05) is 23.1 Å². The van der Waals surface area contributed by atoms with Crippen LogP contribution in [0, 0.1) is 11.4 Å². The Balaban J connectivity index is 1.11. The maximum atomic E-state index is 13.8. The molecule has 1 spiro atoms. The second-order valence-electron chi connectivity index (χ2n) is 9.42. The third-order valence-electron chi connectivity index (χ3n) is 7.35. The minimum Gasteiger partial charge on any atom is -0.488 e. The molecule has 1 saturated carbocycles. The fourth-order valence-corrected chi connectivity index (χ4v) is 5.15. The van der Waals surface area contributed by atoms with Crippen LogP contribution in [0.15, 0.2) is 42.6 Å². The molecule has 32 heavy (non-hydrogen) atoms. The number of hydrogen-bond acceptors (Lipinski definition) is 5. The van der Waals surface area contributed by atoms with Crippen molar-refractivity contribution in [2.75, 3.05) is 32.7 Å². The van der Waals surface area contributed by atoms with Crippen molar-refractivity contribution < 1.29 is 13.9 Å². The van der Waals surface area contributed by atoms with Gasteiger partial charge >= 0.3 is 0 Å². The lowest BCUT2D eigenvalue weighted by Crippen LogP contribution is -2.47. The molecule has 1 amide bonds. The summed E-state index contributed by atoms with van der Waals surface area (Å²) in [6, 6.07) is 11.6. The molecule has 2 aliphatic heterocycles. The quantitative estimate of drug-likeness (QED) is 0.651. The zero-order valence-corrected chi connectivity index (χ0v) is 18.4. The number of likely N-dealkylation sites (tertiary alicyclic amines) is 1. The van der Waals surface area contributed by atoms with Gasteiger partial charge in [-0.25, -0.2) is 4.98 Å². The number of aromatic nitrogens is 1. The lowest BCUT2D eigenvalue weighted by Gasteiger charge is -2.39. The van der Waals surface area contributed by atoms with E-state index < -0.39 is 5.95 Å². The van der Waals surface area contributed by atoms with Crippen molar-refractivity contribution in [2.24, 2.45) is 5.41 Å². The van der Waals surface area contributed by atoms with E-state index >= 15 is 0 Å². The van der Waals surface area contributed by atoms with Gasteiger partial charge in [-0.2, -0.15) is 4.39 Å². The fourth-order valence-electron chi connectivity index (χ4n) is 5.15. The Labute approximate surface area is 188 Å². The molecule has 2 saturated heterocycles. The number of carbonyl (C=O) groups is 1. The fraction of sp³-hybridized carbons (Fsp3) is 0.520. The van der Waals surface area contributed by atoms with Crippen molar-refractivity contribution in [3.8, 4) is 5.75 Å². The van der Waals surface area contributed by atoms with Crippen LogP contribution in [0.25, 0.3) is 0 Å². The van der Waals surface area contributed by atoms with Crippen molar-refractivity contribution >= 4 is 5.91 Å². The molecule has 3 heterocycles. The zero-order valence-electron chi connectivity index (χ0n) is 18.4. The summed E-state index contributed by atoms with van der Waals surface area (Å²) < 4.78 is 19.7. The average Bonchev–Trinajstić information content (AvgIpc) is 3.47. The summed E-state index contributed by atoms with van der Waals surface area (Å²) in [4.78, 5) is 18.4. The van der Waals surface area contributed by atoms with E-state index in [4.69, 9.17) is 4.74 Å². The molecule has 6 nitrogen and oxygen atoms in total. The van der Waals surface area contributed by atoms with Crippen LogP contribution < -0.4 is 15.4 Å². The zero-order chi connectivity index (χ0) is 22.0. The van der Waals surface area contributed by atoms with E-state index in [0.29, 0.717) is 23.4 Å². The Morgan fingerprint density at radius 2 is 2.06 bits per heavy atom. The van der Waals surface area contributed by atoms with Crippen molar-refractivity contribution in [3.05, 3.63) is 59.7 Å². The second kappa shape index (κ2) is 9.16. The van der Waals surface area contributed by atoms with E-state index in [-0.39, 0.29) is 18.6 Å². The number of para-hydroxylation sites is 1. The molecule has 3 aliphatic rings. The van der Waals surface area contributed by atoms with Crippen LogP contribution in [0.3, 0.4) is 0 Å². The highest BCUT2D eigenvalue weighted by Gasteiger charge is 2.41. The van der Waals surface area contributed by atoms with Crippen LogP contribution in [0.5, 0.6) is 5.75 Å². The van der Waals surface area contributed by atoms with Gasteiger partial charge in [0.15, 0.2) is 0 Å². The minimum absolute atomic E-state index is 0.145. The molecule has 2 unspecified atom stereocenters. The van der Waals surface area contributed by atoms with Crippen molar-refractivity contribution in [3.63, 3.8) is 0 Å². The average molecular weight is 439 g/mol. The van der Waals surface area contributed by atoms with Crippen LogP contribution in [0.2, 0.25) is 0 Å². The van der Waals surface area contributed by atoms with Gasteiger partial charge in [-0.1, -0.05) is 18.2 Å². The Morgan fingerprint density at radius 1 is 1.22 bits per heavy atom. The first-order valence-corrected chi connectivity index (χ1v) is 11.7. The minimum atomic E-state index is -0.498. The van der Waals surface area contributed by atoms with Gasteiger partial charge in [-0.15, -0.1) is 0 Å². The molecule has 1 aromatic heterocycles. The number of hydrogen-bond donors (Lipinski definition) is 2. The summed E-state index contributed by atoms with van der Waals surface area (Å²) in [6.07, 6.45) is 5.87. The van der Waals surface area contributed by atoms with Crippen LogP contribution in [0.4, 0.5) is 4.39 Å². The van der Waals surface area contributed by atoms with E-state index in [0.717, 1.165) is 56.8 Å². The molecule has 1 aliphatic carbocycles. The molecule has 3 fully saturated rings. The predicted molar refractivity (Wildman–Crippen MR) is 120 cm³/mol. The lowest BCUT2D eigenvalue weighted by molar-refractivity contribution is -0.132. The first-order chi connectivity index (χ1) is 15.6. The Bertz CT molecular complexity index is 952. The van der Waals surface area contributed by atoms with Crippen molar-refractivity contribution in [1.29, 1.82) is 0 Å². The number of nitrogens with zero attached hydrogens (tertiary/aromatic N) is 2. The third-order valence-corrected chi connectivity index (χ3v) is 7.35. The monoisotopic (exact) mass is 438 g/mol. The highest BCUT2D eigenvalue weighted by molar-refractivity contribution is 5.78. The Morgan fingerprint density at radius 3 is 2.84 bits per heavy atom. The molecular formula is C25H31FN4O2. The first-order valence-electron chi connectivity index (χ1n) is 11.7. The second-order valence-corrected chi connectivity index (χ2v) is 9.42. The summed E-state index contributed by atoms with van der Waals surface area (Å²) in [5, 5.41) is 6.92. The Kier molecular flexibility index (Phi) is 6.11. The standard InChI is InChI=1S/C25H31FN4O2/c26-24-18(4-3-10-28-24)16-32-22-6-2-1-5-19(22)20-14-21(20)29-15-23(31)30-12-8-25(9-13-30)7-11-27-17-25/h1-6,10,20-21,27,29H,7-9,11-17H2. The number of nitrogens with one attached hydrogen (secondary N) is 2. The third kappa shape index (κ3) is 4.64. The molecule has 2 atom stereocenters. The number of piperidine rings is 1. The molecule has 0 radical (unpaired) electrons. The van der Waals surface area contributed by atoms with Gasteiger partial charge in [0, 0.05) is 43.4 Å². The maximum absolute atomic E-state index is 13.8. The van der Waals surface area contributed by atoms with Gasteiger partial charge in [0.25, 0.3) is 0 Å². The number of rotatable bonds is 7. The number of halogens is 1. The maximum Gasteiger partial charge on any atom is 0.236 e. The summed E-state index contributed by atoms with van der Waals surface area (Å²) in [5.41, 5.74) is 1.97. The molecule has 7 heteroatoms. The van der Waals surface area contributed by atoms with Crippen LogP contribution in [-0.2, 0) is 11.4 Å². The number of ether oxygens (including phenoxy) is 1. The van der Waals surface area contributed by atoms with Gasteiger partial charge in [0.1, 0.15) is 12.4 Å². The lowest BCUT2D eigenvalue weighted by atomic mass is 9.78. The van der Waals surface area contributed by atoms with Crippen LogP contribution >= 0.6 is 0 Å². The molecule has 0 bridgehead atoms. The van der Waals surface area contributed by atoms with Crippen molar-refractivity contribution in [1.82, 2.24) is 20.5 Å². The van der Waals surface area contributed by atoms with Gasteiger partial charge in [-0.3, -0.25) is 4.79 Å². The van der Waals surface area contributed by atoms with Crippen LogP contribution in [0.1, 0.15) is 42.7 Å². The van der Waals surface area contributed by atoms with Crippen LogP contribution in [-0.4, -0.2) is 54.6 Å². The highest BCUT2D eigenvalue weighted by Crippen LogP contribution is 2.45. The largest absolute Gasteiger partial charge is 0.488 e. The molecule has 5 rings (SSSR count). The van der Waals surface area contributed by atoms with E-state index in [1.54, 1.807) is 12.1 Å². The van der Waals surface area contributed by atoms with Gasteiger partial charge < -0.3 is 20.3 Å². The SMILES string of the molecule is O=C(CNC1CC1c1ccccc1OCc1cccnc1F)N1CCC2(CCNC2)CC1.